The van der Waals surface area contributed by atoms with E-state index in [-0.39, 0.29) is 16.6 Å². The second-order valence-corrected chi connectivity index (χ2v) is 10.3. The Morgan fingerprint density at radius 3 is 2.59 bits per heavy atom. The first-order valence-corrected chi connectivity index (χ1v) is 11.8. The Kier molecular flexibility index (Phi) is 5.62. The lowest BCUT2D eigenvalue weighted by Crippen LogP contribution is -2.23. The molecule has 0 amide bonds. The molecule has 0 bridgehead atoms. The molecule has 2 fully saturated rings. The zero-order valence-electron chi connectivity index (χ0n) is 16.7. The normalized spacial score (nSPS) is 19.8. The summed E-state index contributed by atoms with van der Waals surface area (Å²) in [6.45, 7) is 4.31. The van der Waals surface area contributed by atoms with Gasteiger partial charge in [0.15, 0.2) is 9.84 Å². The molecule has 1 aliphatic carbocycles. The highest BCUT2D eigenvalue weighted by atomic mass is 32.2. The van der Waals surface area contributed by atoms with Crippen molar-refractivity contribution in [3.8, 4) is 11.8 Å². The monoisotopic (exact) mass is 410 g/mol. The second kappa shape index (κ2) is 8.17. The molecular weight excluding hydrogens is 384 g/mol. The highest BCUT2D eigenvalue weighted by Gasteiger charge is 2.28. The van der Waals surface area contributed by atoms with Gasteiger partial charge >= 0.3 is 0 Å². The van der Waals surface area contributed by atoms with E-state index in [9.17, 15) is 13.7 Å². The van der Waals surface area contributed by atoms with Crippen molar-refractivity contribution in [1.29, 1.82) is 5.26 Å². The third kappa shape index (κ3) is 4.98. The number of nitrogens with zero attached hydrogens (tertiary/aromatic N) is 2. The van der Waals surface area contributed by atoms with Gasteiger partial charge in [0.05, 0.1) is 28.4 Å². The first kappa shape index (κ1) is 19.9. The zero-order chi connectivity index (χ0) is 20.4. The molecule has 0 unspecified atom stereocenters. The Morgan fingerprint density at radius 1 is 1.14 bits per heavy atom. The van der Waals surface area contributed by atoms with Crippen molar-refractivity contribution in [2.24, 2.45) is 5.92 Å². The zero-order valence-corrected chi connectivity index (χ0v) is 17.5. The quantitative estimate of drug-likeness (QED) is 0.696. The van der Waals surface area contributed by atoms with Crippen LogP contribution in [0.3, 0.4) is 0 Å². The van der Waals surface area contributed by atoms with Crippen LogP contribution < -0.4 is 4.74 Å². The summed E-state index contributed by atoms with van der Waals surface area (Å²) in [6.07, 6.45) is 3.58. The fourth-order valence-electron chi connectivity index (χ4n) is 3.82. The molecule has 0 radical (unpaired) electrons. The maximum Gasteiger partial charge on any atom is 0.178 e. The van der Waals surface area contributed by atoms with Crippen LogP contribution in [0.25, 0.3) is 0 Å². The summed E-state index contributed by atoms with van der Waals surface area (Å²) < 4.78 is 31.4. The maximum atomic E-state index is 12.8. The molecule has 1 heterocycles. The van der Waals surface area contributed by atoms with Crippen LogP contribution in [0.1, 0.15) is 36.0 Å². The Morgan fingerprint density at radius 2 is 1.90 bits per heavy atom. The standard InChI is InChI=1S/C23H26N2O3S/c1-17-2-9-23(12-20(17)13-24)29(26,27)16-19-10-11-25(15-19)14-18-3-5-21(6-4-18)28-22-7-8-22/h2-6,9,12,19,22H,7-8,10-11,14-16H2,1H3/t19-/m1/s1. The molecule has 0 aromatic heterocycles. The van der Waals surface area contributed by atoms with Crippen LogP contribution in [0.4, 0.5) is 0 Å². The number of aryl methyl sites for hydroxylation is 1. The van der Waals surface area contributed by atoms with E-state index in [2.05, 4.69) is 23.1 Å². The van der Waals surface area contributed by atoms with Crippen LogP contribution in [0, 0.1) is 24.2 Å². The molecule has 5 nitrogen and oxygen atoms in total. The summed E-state index contributed by atoms with van der Waals surface area (Å²) >= 11 is 0. The first-order chi connectivity index (χ1) is 13.9. The molecule has 1 saturated carbocycles. The van der Waals surface area contributed by atoms with E-state index in [0.717, 1.165) is 50.2 Å². The maximum absolute atomic E-state index is 12.8. The van der Waals surface area contributed by atoms with Crippen molar-refractivity contribution in [1.82, 2.24) is 4.90 Å². The average Bonchev–Trinajstić information content (AvgIpc) is 3.41. The van der Waals surface area contributed by atoms with Crippen LogP contribution in [-0.4, -0.2) is 38.3 Å². The van der Waals surface area contributed by atoms with Crippen LogP contribution >= 0.6 is 0 Å². The largest absolute Gasteiger partial charge is 0.490 e. The lowest BCUT2D eigenvalue weighted by molar-refractivity contribution is 0.302. The Labute approximate surface area is 172 Å². The molecule has 29 heavy (non-hydrogen) atoms. The lowest BCUT2D eigenvalue weighted by atomic mass is 10.1. The van der Waals surface area contributed by atoms with E-state index in [1.807, 2.05) is 19.1 Å². The van der Waals surface area contributed by atoms with Crippen molar-refractivity contribution in [2.75, 3.05) is 18.8 Å². The third-order valence-electron chi connectivity index (χ3n) is 5.67. The van der Waals surface area contributed by atoms with E-state index in [0.29, 0.717) is 11.7 Å². The molecule has 1 atom stereocenters. The van der Waals surface area contributed by atoms with Crippen molar-refractivity contribution < 1.29 is 13.2 Å². The molecule has 1 aliphatic heterocycles. The Hall–Kier alpha value is -2.36. The first-order valence-electron chi connectivity index (χ1n) is 10.1. The highest BCUT2D eigenvalue weighted by molar-refractivity contribution is 7.91. The fourth-order valence-corrected chi connectivity index (χ4v) is 5.48. The Bertz CT molecular complexity index is 1020. The van der Waals surface area contributed by atoms with Crippen molar-refractivity contribution in [3.63, 3.8) is 0 Å². The smallest absolute Gasteiger partial charge is 0.178 e. The molecule has 0 spiro atoms. The Balaban J connectivity index is 1.34. The third-order valence-corrected chi connectivity index (χ3v) is 7.55. The molecule has 6 heteroatoms. The van der Waals surface area contributed by atoms with E-state index in [1.165, 1.54) is 11.6 Å². The van der Waals surface area contributed by atoms with Crippen LogP contribution in [0.5, 0.6) is 5.75 Å². The number of nitriles is 1. The predicted octanol–water partition coefficient (Wildman–Crippen LogP) is 3.70. The van der Waals surface area contributed by atoms with Crippen molar-refractivity contribution >= 4 is 9.84 Å². The molecule has 1 saturated heterocycles. The van der Waals surface area contributed by atoms with Gasteiger partial charge in [-0.15, -0.1) is 0 Å². The van der Waals surface area contributed by atoms with Crippen LogP contribution in [0.15, 0.2) is 47.4 Å². The SMILES string of the molecule is Cc1ccc(S(=O)(=O)C[C@@H]2CCN(Cc3ccc(OC4CC4)cc3)C2)cc1C#N. The number of sulfone groups is 1. The van der Waals surface area contributed by atoms with Crippen molar-refractivity contribution in [2.45, 2.75) is 43.7 Å². The lowest BCUT2D eigenvalue weighted by Gasteiger charge is -2.17. The minimum Gasteiger partial charge on any atom is -0.490 e. The van der Waals surface area contributed by atoms with Gasteiger partial charge < -0.3 is 4.74 Å². The van der Waals surface area contributed by atoms with Gasteiger partial charge in [-0.05, 0) is 74.0 Å². The number of likely N-dealkylation sites (tertiary alicyclic amines) is 1. The molecule has 2 aromatic rings. The highest BCUT2D eigenvalue weighted by Crippen LogP contribution is 2.28. The van der Waals surface area contributed by atoms with Gasteiger partial charge in [0.1, 0.15) is 5.75 Å². The number of benzene rings is 2. The second-order valence-electron chi connectivity index (χ2n) is 8.22. The molecule has 4 rings (SSSR count). The summed E-state index contributed by atoms with van der Waals surface area (Å²) in [5, 5.41) is 9.17. The average molecular weight is 411 g/mol. The predicted molar refractivity (Wildman–Crippen MR) is 111 cm³/mol. The van der Waals surface area contributed by atoms with E-state index < -0.39 is 9.84 Å². The molecule has 2 aliphatic rings. The van der Waals surface area contributed by atoms with Crippen molar-refractivity contribution in [3.05, 3.63) is 59.2 Å². The number of ether oxygens (including phenoxy) is 1. The van der Waals surface area contributed by atoms with Gasteiger partial charge in [0, 0.05) is 13.1 Å². The van der Waals surface area contributed by atoms with Gasteiger partial charge in [-0.3, -0.25) is 4.90 Å². The number of rotatable bonds is 7. The van der Waals surface area contributed by atoms with E-state index in [1.54, 1.807) is 12.1 Å². The van der Waals surface area contributed by atoms with Gasteiger partial charge in [-0.1, -0.05) is 18.2 Å². The van der Waals surface area contributed by atoms with Gasteiger partial charge in [0.25, 0.3) is 0 Å². The molecule has 2 aromatic carbocycles. The summed E-state index contributed by atoms with van der Waals surface area (Å²) in [4.78, 5) is 2.57. The number of hydrogen-bond acceptors (Lipinski definition) is 5. The minimum absolute atomic E-state index is 0.115. The molecule has 152 valence electrons. The number of hydrogen-bond donors (Lipinski definition) is 0. The van der Waals surface area contributed by atoms with Gasteiger partial charge in [0.2, 0.25) is 0 Å². The molecular formula is C23H26N2O3S. The molecule has 0 N–H and O–H groups in total. The summed E-state index contributed by atoms with van der Waals surface area (Å²) in [5.74, 6) is 1.17. The van der Waals surface area contributed by atoms with Gasteiger partial charge in [-0.2, -0.15) is 5.26 Å². The summed E-state index contributed by atoms with van der Waals surface area (Å²) in [7, 11) is -3.39. The fraction of sp³-hybridized carbons (Fsp3) is 0.435. The van der Waals surface area contributed by atoms with E-state index >= 15 is 0 Å². The topological polar surface area (TPSA) is 70.4 Å². The van der Waals surface area contributed by atoms with E-state index in [4.69, 9.17) is 4.74 Å². The minimum atomic E-state index is -3.39. The summed E-state index contributed by atoms with van der Waals surface area (Å²) in [6, 6.07) is 15.1. The van der Waals surface area contributed by atoms with Crippen LogP contribution in [-0.2, 0) is 16.4 Å². The van der Waals surface area contributed by atoms with Gasteiger partial charge in [-0.25, -0.2) is 8.42 Å². The summed E-state index contributed by atoms with van der Waals surface area (Å²) in [5.41, 5.74) is 2.44. The van der Waals surface area contributed by atoms with Crippen LogP contribution in [0.2, 0.25) is 0 Å².